The Bertz CT molecular complexity index is 514. The maximum Gasteiger partial charge on any atom is 0.226 e. The van der Waals surface area contributed by atoms with Gasteiger partial charge in [-0.15, -0.1) is 0 Å². The number of nitrogens with zero attached hydrogens (tertiary/aromatic N) is 1. The number of hydrogen-bond donors (Lipinski definition) is 1. The SMILES string of the molecule is NCC1CCCN1C(=O)C1CC1c1cc(Cl)cc(Cl)c1. The highest BCUT2D eigenvalue weighted by Gasteiger charge is 2.47. The molecule has 1 aromatic rings. The summed E-state index contributed by atoms with van der Waals surface area (Å²) in [7, 11) is 0. The normalized spacial score (nSPS) is 28.8. The van der Waals surface area contributed by atoms with Gasteiger partial charge in [0.1, 0.15) is 0 Å². The number of halogens is 2. The van der Waals surface area contributed by atoms with E-state index in [1.54, 1.807) is 6.07 Å². The molecular formula is C15H18Cl2N2O. The molecule has 5 heteroatoms. The van der Waals surface area contributed by atoms with Crippen molar-refractivity contribution in [3.8, 4) is 0 Å². The summed E-state index contributed by atoms with van der Waals surface area (Å²) in [5, 5.41) is 1.26. The second-order valence-electron chi connectivity index (χ2n) is 5.71. The van der Waals surface area contributed by atoms with E-state index in [0.717, 1.165) is 31.4 Å². The van der Waals surface area contributed by atoms with Crippen LogP contribution >= 0.6 is 23.2 Å². The largest absolute Gasteiger partial charge is 0.338 e. The number of benzene rings is 1. The lowest BCUT2D eigenvalue weighted by molar-refractivity contribution is -0.133. The Hall–Kier alpha value is -0.770. The molecule has 2 N–H and O–H groups in total. The van der Waals surface area contributed by atoms with Crippen LogP contribution in [0, 0.1) is 5.92 Å². The molecule has 1 heterocycles. The van der Waals surface area contributed by atoms with Crippen LogP contribution in [0.25, 0.3) is 0 Å². The third kappa shape index (κ3) is 2.67. The van der Waals surface area contributed by atoms with Crippen molar-refractivity contribution in [3.63, 3.8) is 0 Å². The van der Waals surface area contributed by atoms with Crippen molar-refractivity contribution in [2.75, 3.05) is 13.1 Å². The van der Waals surface area contributed by atoms with E-state index in [4.69, 9.17) is 28.9 Å². The summed E-state index contributed by atoms with van der Waals surface area (Å²) in [5.74, 6) is 0.591. The molecule has 1 saturated heterocycles. The van der Waals surface area contributed by atoms with Gasteiger partial charge in [0.2, 0.25) is 5.91 Å². The van der Waals surface area contributed by atoms with Gasteiger partial charge in [-0.3, -0.25) is 4.79 Å². The van der Waals surface area contributed by atoms with Gasteiger partial charge < -0.3 is 10.6 Å². The van der Waals surface area contributed by atoms with E-state index in [2.05, 4.69) is 0 Å². The fourth-order valence-electron chi connectivity index (χ4n) is 3.21. The van der Waals surface area contributed by atoms with Crippen molar-refractivity contribution in [2.45, 2.75) is 31.2 Å². The number of amides is 1. The van der Waals surface area contributed by atoms with Gasteiger partial charge in [-0.1, -0.05) is 23.2 Å². The fraction of sp³-hybridized carbons (Fsp3) is 0.533. The summed E-state index contributed by atoms with van der Waals surface area (Å²) in [6.45, 7) is 1.41. The van der Waals surface area contributed by atoms with Crippen molar-refractivity contribution >= 4 is 29.1 Å². The molecule has 0 spiro atoms. The predicted octanol–water partition coefficient (Wildman–Crippen LogP) is 3.05. The lowest BCUT2D eigenvalue weighted by atomic mass is 10.1. The third-order valence-corrected chi connectivity index (χ3v) is 4.79. The summed E-state index contributed by atoms with van der Waals surface area (Å²) in [6, 6.07) is 5.77. The van der Waals surface area contributed by atoms with Gasteiger partial charge >= 0.3 is 0 Å². The molecule has 2 aliphatic rings. The van der Waals surface area contributed by atoms with E-state index in [9.17, 15) is 4.79 Å². The number of nitrogens with two attached hydrogens (primary N) is 1. The van der Waals surface area contributed by atoms with Crippen molar-refractivity contribution in [1.29, 1.82) is 0 Å². The van der Waals surface area contributed by atoms with Crippen LogP contribution in [0.2, 0.25) is 10.0 Å². The molecule has 1 aliphatic heterocycles. The van der Waals surface area contributed by atoms with E-state index < -0.39 is 0 Å². The van der Waals surface area contributed by atoms with Crippen molar-refractivity contribution in [1.82, 2.24) is 4.90 Å². The molecule has 3 atom stereocenters. The molecule has 0 aromatic heterocycles. The monoisotopic (exact) mass is 312 g/mol. The first kappa shape index (κ1) is 14.2. The molecule has 108 valence electrons. The molecule has 3 rings (SSSR count). The van der Waals surface area contributed by atoms with Gasteiger partial charge in [-0.05, 0) is 48.9 Å². The number of likely N-dealkylation sites (tertiary alicyclic amines) is 1. The van der Waals surface area contributed by atoms with E-state index in [1.807, 2.05) is 17.0 Å². The van der Waals surface area contributed by atoms with Crippen molar-refractivity contribution in [2.24, 2.45) is 11.7 Å². The lowest BCUT2D eigenvalue weighted by Gasteiger charge is -2.23. The van der Waals surface area contributed by atoms with E-state index in [-0.39, 0.29) is 23.8 Å². The number of carbonyl (C=O) groups is 1. The van der Waals surface area contributed by atoms with Crippen molar-refractivity contribution in [3.05, 3.63) is 33.8 Å². The van der Waals surface area contributed by atoms with Crippen LogP contribution in [0.4, 0.5) is 0 Å². The molecular weight excluding hydrogens is 295 g/mol. The Labute approximate surface area is 129 Å². The van der Waals surface area contributed by atoms with Gasteiger partial charge in [-0.25, -0.2) is 0 Å². The van der Waals surface area contributed by atoms with Crippen LogP contribution in [-0.2, 0) is 4.79 Å². The predicted molar refractivity (Wildman–Crippen MR) is 81.1 cm³/mol. The van der Waals surface area contributed by atoms with E-state index in [1.165, 1.54) is 0 Å². The summed E-state index contributed by atoms with van der Waals surface area (Å²) in [6.07, 6.45) is 2.99. The number of carbonyl (C=O) groups excluding carboxylic acids is 1. The van der Waals surface area contributed by atoms with Gasteiger partial charge in [0, 0.05) is 35.1 Å². The highest BCUT2D eigenvalue weighted by Crippen LogP contribution is 2.50. The molecule has 1 saturated carbocycles. The molecule has 3 unspecified atom stereocenters. The van der Waals surface area contributed by atoms with E-state index >= 15 is 0 Å². The Morgan fingerprint density at radius 2 is 2.00 bits per heavy atom. The first-order valence-electron chi connectivity index (χ1n) is 7.06. The molecule has 0 radical (unpaired) electrons. The second kappa shape index (κ2) is 5.55. The van der Waals surface area contributed by atoms with Crippen LogP contribution in [0.1, 0.15) is 30.7 Å². The summed E-state index contributed by atoms with van der Waals surface area (Å²) >= 11 is 12.1. The quantitative estimate of drug-likeness (QED) is 0.932. The standard InChI is InChI=1S/C15H18Cl2N2O/c16-10-4-9(5-11(17)6-10)13-7-14(13)15(20)19-3-1-2-12(19)8-18/h4-6,12-14H,1-3,7-8,18H2. The Morgan fingerprint density at radius 1 is 1.30 bits per heavy atom. The Balaban J connectivity index is 1.70. The van der Waals surface area contributed by atoms with Crippen LogP contribution < -0.4 is 5.73 Å². The topological polar surface area (TPSA) is 46.3 Å². The van der Waals surface area contributed by atoms with Crippen molar-refractivity contribution < 1.29 is 4.79 Å². The fourth-order valence-corrected chi connectivity index (χ4v) is 3.75. The summed E-state index contributed by atoms with van der Waals surface area (Å²) in [5.41, 5.74) is 6.81. The van der Waals surface area contributed by atoms with Crippen LogP contribution in [0.3, 0.4) is 0 Å². The molecule has 0 bridgehead atoms. The van der Waals surface area contributed by atoms with Crippen LogP contribution in [0.5, 0.6) is 0 Å². The first-order chi connectivity index (χ1) is 9.60. The molecule has 1 amide bonds. The third-order valence-electron chi connectivity index (χ3n) is 4.35. The first-order valence-corrected chi connectivity index (χ1v) is 7.82. The molecule has 1 aromatic carbocycles. The van der Waals surface area contributed by atoms with Gasteiger partial charge in [-0.2, -0.15) is 0 Å². The minimum atomic E-state index is 0.0803. The zero-order valence-electron chi connectivity index (χ0n) is 11.2. The van der Waals surface area contributed by atoms with Crippen LogP contribution in [-0.4, -0.2) is 29.9 Å². The second-order valence-corrected chi connectivity index (χ2v) is 6.59. The summed E-state index contributed by atoms with van der Waals surface area (Å²) < 4.78 is 0. The molecule has 20 heavy (non-hydrogen) atoms. The molecule has 3 nitrogen and oxygen atoms in total. The highest BCUT2D eigenvalue weighted by molar-refractivity contribution is 6.34. The van der Waals surface area contributed by atoms with Gasteiger partial charge in [0.05, 0.1) is 0 Å². The average Bonchev–Trinajstić information content (AvgIpc) is 3.06. The number of hydrogen-bond acceptors (Lipinski definition) is 2. The van der Waals surface area contributed by atoms with Crippen LogP contribution in [0.15, 0.2) is 18.2 Å². The Morgan fingerprint density at radius 3 is 2.65 bits per heavy atom. The maximum atomic E-state index is 12.5. The smallest absolute Gasteiger partial charge is 0.226 e. The minimum absolute atomic E-state index is 0.0803. The maximum absolute atomic E-state index is 12.5. The van der Waals surface area contributed by atoms with E-state index in [0.29, 0.717) is 16.6 Å². The van der Waals surface area contributed by atoms with Gasteiger partial charge in [0.25, 0.3) is 0 Å². The molecule has 1 aliphatic carbocycles. The number of rotatable bonds is 3. The zero-order chi connectivity index (χ0) is 14.3. The lowest BCUT2D eigenvalue weighted by Crippen LogP contribution is -2.40. The Kier molecular flexibility index (Phi) is 3.93. The van der Waals surface area contributed by atoms with Gasteiger partial charge in [0.15, 0.2) is 0 Å². The highest BCUT2D eigenvalue weighted by atomic mass is 35.5. The minimum Gasteiger partial charge on any atom is -0.338 e. The average molecular weight is 313 g/mol. The zero-order valence-corrected chi connectivity index (χ0v) is 12.7. The summed E-state index contributed by atoms with van der Waals surface area (Å²) in [4.78, 5) is 14.5. The molecule has 2 fully saturated rings.